The summed E-state index contributed by atoms with van der Waals surface area (Å²) in [6, 6.07) is 11.8. The van der Waals surface area contributed by atoms with Crippen molar-refractivity contribution in [1.82, 2.24) is 4.98 Å². The molecule has 4 nitrogen and oxygen atoms in total. The molecule has 3 N–H and O–H groups in total. The monoisotopic (exact) mass is 297 g/mol. The summed E-state index contributed by atoms with van der Waals surface area (Å²) >= 11 is 1.71. The van der Waals surface area contributed by atoms with Crippen LogP contribution in [0.4, 0.5) is 0 Å². The van der Waals surface area contributed by atoms with Crippen molar-refractivity contribution in [1.29, 1.82) is 5.41 Å². The highest BCUT2D eigenvalue weighted by Crippen LogP contribution is 2.28. The minimum absolute atomic E-state index is 0.0284. The van der Waals surface area contributed by atoms with Gasteiger partial charge in [0, 0.05) is 22.9 Å². The number of nitrogens with two attached hydrogens (primary N) is 1. The Hall–Kier alpha value is -2.40. The highest BCUT2D eigenvalue weighted by atomic mass is 32.1. The van der Waals surface area contributed by atoms with Crippen molar-refractivity contribution in [3.63, 3.8) is 0 Å². The van der Waals surface area contributed by atoms with E-state index in [1.807, 2.05) is 30.3 Å². The molecule has 0 radical (unpaired) electrons. The minimum Gasteiger partial charge on any atom is -0.492 e. The third kappa shape index (κ3) is 2.87. The van der Waals surface area contributed by atoms with Crippen LogP contribution in [0.5, 0.6) is 5.75 Å². The van der Waals surface area contributed by atoms with Crippen LogP contribution in [0.1, 0.15) is 10.4 Å². The molecule has 21 heavy (non-hydrogen) atoms. The van der Waals surface area contributed by atoms with Gasteiger partial charge in [0.1, 0.15) is 11.6 Å². The predicted molar refractivity (Wildman–Crippen MR) is 86.3 cm³/mol. The molecule has 0 unspecified atom stereocenters. The van der Waals surface area contributed by atoms with Crippen molar-refractivity contribution in [2.24, 2.45) is 5.73 Å². The van der Waals surface area contributed by atoms with E-state index in [1.165, 1.54) is 4.88 Å². The number of nitrogens with one attached hydrogen (secondary N) is 1. The molecule has 0 saturated heterocycles. The van der Waals surface area contributed by atoms with Crippen LogP contribution >= 0.6 is 11.3 Å². The van der Waals surface area contributed by atoms with Crippen molar-refractivity contribution < 1.29 is 4.74 Å². The molecule has 5 heteroatoms. The number of nitrogens with zero attached hydrogens (tertiary/aromatic N) is 1. The van der Waals surface area contributed by atoms with Gasteiger partial charge < -0.3 is 10.5 Å². The van der Waals surface area contributed by atoms with E-state index in [2.05, 4.69) is 16.4 Å². The molecule has 0 aliphatic heterocycles. The Morgan fingerprint density at radius 3 is 2.86 bits per heavy atom. The van der Waals surface area contributed by atoms with Gasteiger partial charge in [-0.1, -0.05) is 18.2 Å². The van der Waals surface area contributed by atoms with Crippen molar-refractivity contribution >= 4 is 28.1 Å². The summed E-state index contributed by atoms with van der Waals surface area (Å²) in [7, 11) is 0. The number of nitrogen functional groups attached to an aromatic ring is 1. The van der Waals surface area contributed by atoms with Crippen molar-refractivity contribution in [2.45, 2.75) is 6.42 Å². The van der Waals surface area contributed by atoms with E-state index in [1.54, 1.807) is 17.5 Å². The summed E-state index contributed by atoms with van der Waals surface area (Å²) in [4.78, 5) is 5.60. The lowest BCUT2D eigenvalue weighted by molar-refractivity contribution is 0.326. The normalized spacial score (nSPS) is 10.7. The van der Waals surface area contributed by atoms with E-state index in [-0.39, 0.29) is 5.84 Å². The Labute approximate surface area is 126 Å². The number of thiophene rings is 1. The molecule has 0 saturated carbocycles. The zero-order valence-corrected chi connectivity index (χ0v) is 12.2. The second kappa shape index (κ2) is 5.93. The first-order valence-corrected chi connectivity index (χ1v) is 7.51. The molecule has 0 atom stereocenters. The summed E-state index contributed by atoms with van der Waals surface area (Å²) in [6.07, 6.45) is 2.44. The first-order chi connectivity index (χ1) is 10.3. The lowest BCUT2D eigenvalue weighted by Gasteiger charge is -2.12. The Morgan fingerprint density at radius 2 is 2.10 bits per heavy atom. The maximum absolute atomic E-state index is 7.69. The Kier molecular flexibility index (Phi) is 3.83. The van der Waals surface area contributed by atoms with Crippen LogP contribution < -0.4 is 10.5 Å². The van der Waals surface area contributed by atoms with Crippen LogP contribution in [0, 0.1) is 5.41 Å². The van der Waals surface area contributed by atoms with Crippen molar-refractivity contribution in [3.8, 4) is 5.75 Å². The zero-order valence-electron chi connectivity index (χ0n) is 11.4. The smallest absolute Gasteiger partial charge is 0.141 e. The van der Waals surface area contributed by atoms with E-state index < -0.39 is 0 Å². The van der Waals surface area contributed by atoms with Crippen LogP contribution in [-0.2, 0) is 6.42 Å². The molecule has 3 rings (SSSR count). The number of pyridine rings is 1. The van der Waals surface area contributed by atoms with E-state index >= 15 is 0 Å². The first kappa shape index (κ1) is 13.6. The van der Waals surface area contributed by atoms with E-state index in [0.717, 1.165) is 17.3 Å². The molecule has 0 aliphatic carbocycles. The molecule has 0 amide bonds. The summed E-state index contributed by atoms with van der Waals surface area (Å²) < 4.78 is 5.93. The van der Waals surface area contributed by atoms with Gasteiger partial charge in [0.2, 0.25) is 0 Å². The fourth-order valence-corrected chi connectivity index (χ4v) is 2.86. The fraction of sp³-hybridized carbons (Fsp3) is 0.125. The topological polar surface area (TPSA) is 72.0 Å². The molecule has 3 aromatic rings. The molecule has 0 bridgehead atoms. The van der Waals surface area contributed by atoms with E-state index in [0.29, 0.717) is 17.9 Å². The molecule has 0 fully saturated rings. The van der Waals surface area contributed by atoms with Gasteiger partial charge in [0.25, 0.3) is 0 Å². The maximum Gasteiger partial charge on any atom is 0.141 e. The zero-order chi connectivity index (χ0) is 14.7. The van der Waals surface area contributed by atoms with Crippen LogP contribution in [0.25, 0.3) is 10.9 Å². The quantitative estimate of drug-likeness (QED) is 0.561. The van der Waals surface area contributed by atoms with Gasteiger partial charge in [-0.2, -0.15) is 0 Å². The highest BCUT2D eigenvalue weighted by molar-refractivity contribution is 7.09. The van der Waals surface area contributed by atoms with Gasteiger partial charge >= 0.3 is 0 Å². The van der Waals surface area contributed by atoms with Gasteiger partial charge in [0.15, 0.2) is 0 Å². The predicted octanol–water partition coefficient (Wildman–Crippen LogP) is 3.20. The van der Waals surface area contributed by atoms with Gasteiger partial charge in [-0.25, -0.2) is 0 Å². The summed E-state index contributed by atoms with van der Waals surface area (Å²) in [5.41, 5.74) is 7.02. The lowest BCUT2D eigenvalue weighted by atomic mass is 10.1. The number of hydrogen-bond donors (Lipinski definition) is 2. The van der Waals surface area contributed by atoms with E-state index in [4.69, 9.17) is 15.9 Å². The summed E-state index contributed by atoms with van der Waals surface area (Å²) in [6.45, 7) is 0.550. The number of benzene rings is 1. The average Bonchev–Trinajstić information content (AvgIpc) is 3.00. The molecule has 2 aromatic heterocycles. The molecule has 106 valence electrons. The van der Waals surface area contributed by atoms with Crippen LogP contribution in [0.2, 0.25) is 0 Å². The second-order valence-electron chi connectivity index (χ2n) is 4.61. The number of para-hydroxylation sites is 1. The molecular formula is C16H15N3OS. The number of hydrogen-bond acceptors (Lipinski definition) is 4. The molecule has 1 aromatic carbocycles. The number of aromatic nitrogens is 1. The SMILES string of the molecule is N=C(N)c1cnc2ccccc2c1OCCc1cccs1. The van der Waals surface area contributed by atoms with E-state index in [9.17, 15) is 0 Å². The molecule has 0 spiro atoms. The summed E-state index contributed by atoms with van der Waals surface area (Å²) in [5, 5.41) is 10.6. The van der Waals surface area contributed by atoms with Gasteiger partial charge in [0.05, 0.1) is 17.7 Å². The molecule has 2 heterocycles. The fourth-order valence-electron chi connectivity index (χ4n) is 2.17. The highest BCUT2D eigenvalue weighted by Gasteiger charge is 2.12. The standard InChI is InChI=1S/C16H15N3OS/c17-16(18)13-10-19-14-6-2-1-5-12(14)15(13)20-8-7-11-4-3-9-21-11/h1-6,9-10H,7-8H2,(H3,17,18). The average molecular weight is 297 g/mol. The third-order valence-corrected chi connectivity index (χ3v) is 4.13. The van der Waals surface area contributed by atoms with Gasteiger partial charge in [-0.15, -0.1) is 11.3 Å². The van der Waals surface area contributed by atoms with Gasteiger partial charge in [-0.05, 0) is 23.6 Å². The van der Waals surface area contributed by atoms with Crippen molar-refractivity contribution in [2.75, 3.05) is 6.61 Å². The molecule has 0 aliphatic rings. The Bertz CT molecular complexity index is 768. The Morgan fingerprint density at radius 1 is 1.24 bits per heavy atom. The summed E-state index contributed by atoms with van der Waals surface area (Å²) in [5.74, 6) is 0.615. The first-order valence-electron chi connectivity index (χ1n) is 6.63. The lowest BCUT2D eigenvalue weighted by Crippen LogP contribution is -2.14. The number of fused-ring (bicyclic) bond motifs is 1. The molecular weight excluding hydrogens is 282 g/mol. The second-order valence-corrected chi connectivity index (χ2v) is 5.64. The largest absolute Gasteiger partial charge is 0.492 e. The number of amidine groups is 1. The van der Waals surface area contributed by atoms with Crippen LogP contribution in [-0.4, -0.2) is 17.4 Å². The minimum atomic E-state index is -0.0284. The Balaban J connectivity index is 1.90. The number of ether oxygens (including phenoxy) is 1. The van der Waals surface area contributed by atoms with Crippen molar-refractivity contribution in [3.05, 3.63) is 58.4 Å². The van der Waals surface area contributed by atoms with Crippen LogP contribution in [0.15, 0.2) is 48.0 Å². The van der Waals surface area contributed by atoms with Crippen LogP contribution in [0.3, 0.4) is 0 Å². The number of rotatable bonds is 5. The maximum atomic E-state index is 7.69. The van der Waals surface area contributed by atoms with Gasteiger partial charge in [-0.3, -0.25) is 10.4 Å². The third-order valence-electron chi connectivity index (χ3n) is 3.19.